The van der Waals surface area contributed by atoms with E-state index in [1.165, 1.54) is 0 Å². The minimum Gasteiger partial charge on any atom is -0.378 e. The zero-order chi connectivity index (χ0) is 18.0. The minimum atomic E-state index is -2.89. The van der Waals surface area contributed by atoms with Gasteiger partial charge in [0.25, 0.3) is 0 Å². The Morgan fingerprint density at radius 3 is 2.24 bits per heavy atom. The van der Waals surface area contributed by atoms with E-state index in [2.05, 4.69) is 10.3 Å². The van der Waals surface area contributed by atoms with Gasteiger partial charge in [-0.2, -0.15) is 0 Å². The van der Waals surface area contributed by atoms with Crippen molar-refractivity contribution in [3.63, 3.8) is 0 Å². The largest absolute Gasteiger partial charge is 0.378 e. The molecule has 1 saturated heterocycles. The fraction of sp³-hybridized carbons (Fsp3) is 0.857. The van der Waals surface area contributed by atoms with Crippen LogP contribution in [0.15, 0.2) is 6.20 Å². The Kier molecular flexibility index (Phi) is 8.55. The fourth-order valence-electron chi connectivity index (χ4n) is 2.27. The van der Waals surface area contributed by atoms with Crippen molar-refractivity contribution in [1.29, 1.82) is 0 Å². The molecule has 25 heavy (non-hydrogen) atoms. The van der Waals surface area contributed by atoms with Crippen LogP contribution in [-0.4, -0.2) is 94.2 Å². The molecule has 0 aromatic carbocycles. The molecule has 144 valence electrons. The molecule has 2 heterocycles. The number of nitrogens with zero attached hydrogens (tertiary/aromatic N) is 4. The van der Waals surface area contributed by atoms with E-state index < -0.39 is 9.84 Å². The molecule has 1 aromatic rings. The first-order valence-corrected chi connectivity index (χ1v) is 10.2. The molecular weight excluding hydrogens is 350 g/mol. The van der Waals surface area contributed by atoms with Crippen LogP contribution in [-0.2, 0) is 30.6 Å². The van der Waals surface area contributed by atoms with Crippen molar-refractivity contribution >= 4 is 15.7 Å². The molecule has 0 radical (unpaired) electrons. The molecule has 0 bridgehead atoms. The highest BCUT2D eigenvalue weighted by molar-refractivity contribution is 7.91. The van der Waals surface area contributed by atoms with Crippen LogP contribution in [0, 0.1) is 0 Å². The molecule has 0 spiro atoms. The summed E-state index contributed by atoms with van der Waals surface area (Å²) in [7, 11) is -2.89. The molecule has 1 aromatic heterocycles. The van der Waals surface area contributed by atoms with Crippen LogP contribution in [0.3, 0.4) is 0 Å². The summed E-state index contributed by atoms with van der Waals surface area (Å²) in [6.45, 7) is 5.16. The minimum absolute atomic E-state index is 0.167. The van der Waals surface area contributed by atoms with Gasteiger partial charge in [0, 0.05) is 19.6 Å². The van der Waals surface area contributed by atoms with E-state index >= 15 is 0 Å². The van der Waals surface area contributed by atoms with Gasteiger partial charge in [0.15, 0.2) is 15.7 Å². The third kappa shape index (κ3) is 7.65. The summed E-state index contributed by atoms with van der Waals surface area (Å²) in [5.41, 5.74) is 5.30. The Hall–Kier alpha value is -1.27. The fourth-order valence-corrected chi connectivity index (χ4v) is 3.47. The van der Waals surface area contributed by atoms with Gasteiger partial charge in [-0.25, -0.2) is 13.1 Å². The smallest absolute Gasteiger partial charge is 0.171 e. The molecule has 10 nitrogen and oxygen atoms in total. The van der Waals surface area contributed by atoms with Gasteiger partial charge in [-0.3, -0.25) is 0 Å². The van der Waals surface area contributed by atoms with Gasteiger partial charge < -0.3 is 24.8 Å². The maximum absolute atomic E-state index is 11.4. The number of hydrogen-bond donors (Lipinski definition) is 1. The van der Waals surface area contributed by atoms with Crippen molar-refractivity contribution in [2.45, 2.75) is 6.54 Å². The van der Waals surface area contributed by atoms with Crippen LogP contribution >= 0.6 is 0 Å². The number of hydrogen-bond acceptors (Lipinski definition) is 9. The zero-order valence-electron chi connectivity index (χ0n) is 14.4. The zero-order valence-corrected chi connectivity index (χ0v) is 15.2. The summed E-state index contributed by atoms with van der Waals surface area (Å²) in [4.78, 5) is 1.94. The Labute approximate surface area is 148 Å². The van der Waals surface area contributed by atoms with Crippen LogP contribution in [0.4, 0.5) is 5.82 Å². The summed E-state index contributed by atoms with van der Waals surface area (Å²) in [5.74, 6) is 1.04. The molecule has 2 rings (SSSR count). The molecule has 0 unspecified atom stereocenters. The molecule has 2 N–H and O–H groups in total. The van der Waals surface area contributed by atoms with Crippen molar-refractivity contribution in [1.82, 2.24) is 15.0 Å². The second-order valence-electron chi connectivity index (χ2n) is 5.60. The molecule has 1 aliphatic heterocycles. The molecule has 1 aliphatic rings. The number of nitrogens with two attached hydrogens (primary N) is 1. The average molecular weight is 377 g/mol. The SMILES string of the molecule is NCCOCCOCCOCCn1cc(N2CCS(=O)(=O)CC2)nn1. The van der Waals surface area contributed by atoms with Crippen LogP contribution in [0.1, 0.15) is 0 Å². The summed E-state index contributed by atoms with van der Waals surface area (Å²) in [5, 5.41) is 8.13. The third-order valence-corrected chi connectivity index (χ3v) is 5.28. The Morgan fingerprint density at radius 2 is 1.60 bits per heavy atom. The molecule has 0 amide bonds. The van der Waals surface area contributed by atoms with Gasteiger partial charge in [0.2, 0.25) is 0 Å². The number of rotatable bonds is 12. The monoisotopic (exact) mass is 377 g/mol. The standard InChI is InChI=1S/C14H27N5O5S/c15-1-5-22-7-9-24-10-8-23-6-2-19-13-14(16-17-19)18-3-11-25(20,21)12-4-18/h13H,1-12,15H2. The number of aromatic nitrogens is 3. The van der Waals surface area contributed by atoms with Gasteiger partial charge in [-0.15, -0.1) is 5.10 Å². The summed E-state index contributed by atoms with van der Waals surface area (Å²) in [6.07, 6.45) is 1.81. The van der Waals surface area contributed by atoms with Gasteiger partial charge in [0.05, 0.1) is 63.9 Å². The predicted octanol–water partition coefficient (Wildman–Crippen LogP) is -1.48. The van der Waals surface area contributed by atoms with E-state index in [1.54, 1.807) is 4.68 Å². The van der Waals surface area contributed by atoms with Crippen molar-refractivity contribution in [2.75, 3.05) is 75.7 Å². The van der Waals surface area contributed by atoms with Crippen molar-refractivity contribution < 1.29 is 22.6 Å². The quantitative estimate of drug-likeness (QED) is 0.435. The third-order valence-electron chi connectivity index (χ3n) is 3.67. The van der Waals surface area contributed by atoms with Crippen molar-refractivity contribution in [3.05, 3.63) is 6.20 Å². The van der Waals surface area contributed by atoms with Gasteiger partial charge in [-0.1, -0.05) is 5.21 Å². The second-order valence-corrected chi connectivity index (χ2v) is 7.91. The van der Waals surface area contributed by atoms with E-state index in [4.69, 9.17) is 19.9 Å². The lowest BCUT2D eigenvalue weighted by atomic mass is 10.5. The first-order valence-electron chi connectivity index (χ1n) is 8.39. The molecule has 0 atom stereocenters. The van der Waals surface area contributed by atoms with Crippen LogP contribution in [0.25, 0.3) is 0 Å². The van der Waals surface area contributed by atoms with E-state index in [0.29, 0.717) is 71.6 Å². The highest BCUT2D eigenvalue weighted by atomic mass is 32.2. The first kappa shape index (κ1) is 20.0. The number of anilines is 1. The van der Waals surface area contributed by atoms with Gasteiger partial charge in [0.1, 0.15) is 0 Å². The number of sulfone groups is 1. The van der Waals surface area contributed by atoms with E-state index in [9.17, 15) is 8.42 Å². The molecule has 0 saturated carbocycles. The van der Waals surface area contributed by atoms with E-state index in [1.807, 2.05) is 11.1 Å². The maximum atomic E-state index is 11.4. The Balaban J connectivity index is 1.53. The molecule has 1 fully saturated rings. The normalized spacial score (nSPS) is 17.1. The topological polar surface area (TPSA) is 122 Å². The summed E-state index contributed by atoms with van der Waals surface area (Å²) in [6, 6.07) is 0. The van der Waals surface area contributed by atoms with Crippen molar-refractivity contribution in [3.8, 4) is 0 Å². The molecular formula is C14H27N5O5S. The Morgan fingerprint density at radius 1 is 1.00 bits per heavy atom. The maximum Gasteiger partial charge on any atom is 0.171 e. The van der Waals surface area contributed by atoms with Gasteiger partial charge in [-0.05, 0) is 0 Å². The average Bonchev–Trinajstić information content (AvgIpc) is 3.05. The number of ether oxygens (including phenoxy) is 3. The lowest BCUT2D eigenvalue weighted by molar-refractivity contribution is 0.0141. The molecule has 0 aliphatic carbocycles. The summed E-state index contributed by atoms with van der Waals surface area (Å²) >= 11 is 0. The highest BCUT2D eigenvalue weighted by Crippen LogP contribution is 2.13. The first-order chi connectivity index (χ1) is 12.1. The highest BCUT2D eigenvalue weighted by Gasteiger charge is 2.23. The van der Waals surface area contributed by atoms with Crippen LogP contribution in [0.5, 0.6) is 0 Å². The van der Waals surface area contributed by atoms with Crippen LogP contribution < -0.4 is 10.6 Å². The van der Waals surface area contributed by atoms with E-state index in [0.717, 1.165) is 0 Å². The Bertz CT molecular complexity index is 580. The lowest BCUT2D eigenvalue weighted by Gasteiger charge is -2.25. The van der Waals surface area contributed by atoms with Crippen molar-refractivity contribution in [2.24, 2.45) is 5.73 Å². The van der Waals surface area contributed by atoms with Gasteiger partial charge >= 0.3 is 0 Å². The predicted molar refractivity (Wildman–Crippen MR) is 92.4 cm³/mol. The summed E-state index contributed by atoms with van der Waals surface area (Å²) < 4.78 is 40.6. The second kappa shape index (κ2) is 10.7. The van der Waals surface area contributed by atoms with E-state index in [-0.39, 0.29) is 11.5 Å². The molecule has 11 heteroatoms. The lowest BCUT2D eigenvalue weighted by Crippen LogP contribution is -2.40. The van der Waals surface area contributed by atoms with Crippen LogP contribution in [0.2, 0.25) is 0 Å².